The molecular formula is C13H12Cl2N2S. The van der Waals surface area contributed by atoms with Gasteiger partial charge in [0.05, 0.1) is 10.0 Å². The molecule has 2 aromatic rings. The van der Waals surface area contributed by atoms with E-state index in [1.807, 2.05) is 31.4 Å². The molecule has 5 heteroatoms. The molecule has 0 fully saturated rings. The molecule has 18 heavy (non-hydrogen) atoms. The lowest BCUT2D eigenvalue weighted by atomic mass is 10.3. The molecule has 1 heterocycles. The highest BCUT2D eigenvalue weighted by Gasteiger charge is 2.02. The lowest BCUT2D eigenvalue weighted by Crippen LogP contribution is -2.04. The Morgan fingerprint density at radius 1 is 1.17 bits per heavy atom. The zero-order valence-electron chi connectivity index (χ0n) is 9.78. The first-order chi connectivity index (χ1) is 8.69. The van der Waals surface area contributed by atoms with E-state index in [0.717, 1.165) is 22.0 Å². The van der Waals surface area contributed by atoms with E-state index in [0.29, 0.717) is 10.0 Å². The topological polar surface area (TPSA) is 24.9 Å². The van der Waals surface area contributed by atoms with Crippen LogP contribution in [-0.2, 0) is 6.54 Å². The smallest absolute Gasteiger partial charge is 0.101 e. The second-order valence-corrected chi connectivity index (χ2v) is 5.62. The maximum absolute atomic E-state index is 5.97. The summed E-state index contributed by atoms with van der Waals surface area (Å²) < 4.78 is 0. The molecule has 0 aliphatic carbocycles. The molecule has 0 radical (unpaired) electrons. The second-order valence-electron chi connectivity index (χ2n) is 3.71. The number of nitrogens with one attached hydrogen (secondary N) is 1. The van der Waals surface area contributed by atoms with Crippen molar-refractivity contribution in [3.05, 3.63) is 52.1 Å². The van der Waals surface area contributed by atoms with Crippen molar-refractivity contribution in [2.45, 2.75) is 16.5 Å². The van der Waals surface area contributed by atoms with Crippen LogP contribution in [0, 0.1) is 0 Å². The number of hydrogen-bond acceptors (Lipinski definition) is 3. The van der Waals surface area contributed by atoms with Crippen LogP contribution in [0.25, 0.3) is 0 Å². The van der Waals surface area contributed by atoms with Gasteiger partial charge in [0.2, 0.25) is 0 Å². The molecule has 0 saturated carbocycles. The van der Waals surface area contributed by atoms with E-state index in [-0.39, 0.29) is 0 Å². The first-order valence-electron chi connectivity index (χ1n) is 5.41. The van der Waals surface area contributed by atoms with Crippen LogP contribution in [0.5, 0.6) is 0 Å². The van der Waals surface area contributed by atoms with E-state index in [9.17, 15) is 0 Å². The van der Waals surface area contributed by atoms with Gasteiger partial charge in [-0.25, -0.2) is 4.98 Å². The quantitative estimate of drug-likeness (QED) is 0.913. The van der Waals surface area contributed by atoms with Crippen LogP contribution in [0.2, 0.25) is 10.0 Å². The molecule has 2 nitrogen and oxygen atoms in total. The maximum Gasteiger partial charge on any atom is 0.101 e. The molecule has 0 atom stereocenters. The number of halogens is 2. The Kier molecular flexibility index (Phi) is 4.89. The highest BCUT2D eigenvalue weighted by molar-refractivity contribution is 7.99. The number of rotatable bonds is 4. The first-order valence-corrected chi connectivity index (χ1v) is 6.98. The fourth-order valence-corrected chi connectivity index (χ4v) is 2.60. The molecule has 1 aromatic carbocycles. The van der Waals surface area contributed by atoms with Gasteiger partial charge in [0, 0.05) is 17.6 Å². The lowest BCUT2D eigenvalue weighted by molar-refractivity contribution is 0.809. The number of hydrogen-bond donors (Lipinski definition) is 1. The molecule has 0 spiro atoms. The predicted octanol–water partition coefficient (Wildman–Crippen LogP) is 4.26. The Balaban J connectivity index is 2.10. The van der Waals surface area contributed by atoms with Crippen molar-refractivity contribution < 1.29 is 0 Å². The molecule has 0 aliphatic rings. The van der Waals surface area contributed by atoms with Crippen molar-refractivity contribution in [3.8, 4) is 0 Å². The van der Waals surface area contributed by atoms with Gasteiger partial charge in [-0.3, -0.25) is 0 Å². The van der Waals surface area contributed by atoms with Gasteiger partial charge < -0.3 is 5.32 Å². The number of aromatic nitrogens is 1. The summed E-state index contributed by atoms with van der Waals surface area (Å²) in [6, 6.07) is 9.63. The van der Waals surface area contributed by atoms with Crippen LogP contribution in [0.4, 0.5) is 0 Å². The summed E-state index contributed by atoms with van der Waals surface area (Å²) in [7, 11) is 1.92. The van der Waals surface area contributed by atoms with Gasteiger partial charge in [0.1, 0.15) is 5.03 Å². The predicted molar refractivity (Wildman–Crippen MR) is 77.6 cm³/mol. The number of nitrogens with zero attached hydrogens (tertiary/aromatic N) is 1. The Labute approximate surface area is 121 Å². The largest absolute Gasteiger partial charge is 0.316 e. The van der Waals surface area contributed by atoms with Gasteiger partial charge in [-0.15, -0.1) is 0 Å². The zero-order valence-corrected chi connectivity index (χ0v) is 12.1. The minimum absolute atomic E-state index is 0.563. The van der Waals surface area contributed by atoms with Gasteiger partial charge in [-0.2, -0.15) is 0 Å². The molecule has 94 valence electrons. The molecule has 0 aliphatic heterocycles. The van der Waals surface area contributed by atoms with Gasteiger partial charge in [-0.05, 0) is 36.9 Å². The fraction of sp³-hybridized carbons (Fsp3) is 0.154. The van der Waals surface area contributed by atoms with E-state index in [1.54, 1.807) is 17.8 Å². The second kappa shape index (κ2) is 6.43. The SMILES string of the molecule is CNCc1ccc(Sc2ccc(Cl)c(Cl)c2)nc1. The molecule has 2 rings (SSSR count). The summed E-state index contributed by atoms with van der Waals surface area (Å²) in [4.78, 5) is 5.42. The Bertz CT molecular complexity index is 529. The average Bonchev–Trinajstić information content (AvgIpc) is 2.37. The monoisotopic (exact) mass is 298 g/mol. The molecule has 0 saturated heterocycles. The van der Waals surface area contributed by atoms with E-state index in [2.05, 4.69) is 16.4 Å². The highest BCUT2D eigenvalue weighted by Crippen LogP contribution is 2.31. The van der Waals surface area contributed by atoms with Gasteiger partial charge in [0.25, 0.3) is 0 Å². The third-order valence-corrected chi connectivity index (χ3v) is 3.97. The Hall–Kier alpha value is -0.740. The zero-order chi connectivity index (χ0) is 13.0. The Morgan fingerprint density at radius 3 is 2.61 bits per heavy atom. The highest BCUT2D eigenvalue weighted by atomic mass is 35.5. The molecule has 0 amide bonds. The minimum atomic E-state index is 0.563. The summed E-state index contributed by atoms with van der Waals surface area (Å²) in [5.41, 5.74) is 1.16. The normalized spacial score (nSPS) is 10.6. The van der Waals surface area contributed by atoms with E-state index in [1.165, 1.54) is 0 Å². The Morgan fingerprint density at radius 2 is 2.00 bits per heavy atom. The molecule has 1 aromatic heterocycles. The molecule has 0 unspecified atom stereocenters. The van der Waals surface area contributed by atoms with E-state index in [4.69, 9.17) is 23.2 Å². The summed E-state index contributed by atoms with van der Waals surface area (Å²) >= 11 is 13.4. The number of benzene rings is 1. The van der Waals surface area contributed by atoms with Crippen molar-refractivity contribution in [3.63, 3.8) is 0 Å². The van der Waals surface area contributed by atoms with Crippen molar-refractivity contribution >= 4 is 35.0 Å². The van der Waals surface area contributed by atoms with Crippen LogP contribution in [-0.4, -0.2) is 12.0 Å². The maximum atomic E-state index is 5.97. The molecular weight excluding hydrogens is 287 g/mol. The van der Waals surface area contributed by atoms with Crippen molar-refractivity contribution in [1.29, 1.82) is 0 Å². The minimum Gasteiger partial charge on any atom is -0.316 e. The van der Waals surface area contributed by atoms with Gasteiger partial charge >= 0.3 is 0 Å². The average molecular weight is 299 g/mol. The number of pyridine rings is 1. The molecule has 0 bridgehead atoms. The van der Waals surface area contributed by atoms with Crippen molar-refractivity contribution in [2.24, 2.45) is 0 Å². The fourth-order valence-electron chi connectivity index (χ4n) is 1.44. The van der Waals surface area contributed by atoms with E-state index >= 15 is 0 Å². The third-order valence-electron chi connectivity index (χ3n) is 2.29. The summed E-state index contributed by atoms with van der Waals surface area (Å²) in [6.07, 6.45) is 1.87. The third kappa shape index (κ3) is 3.62. The van der Waals surface area contributed by atoms with Crippen LogP contribution in [0.3, 0.4) is 0 Å². The summed E-state index contributed by atoms with van der Waals surface area (Å²) in [6.45, 7) is 0.824. The standard InChI is InChI=1S/C13H12Cl2N2S/c1-16-7-9-2-5-13(17-8-9)18-10-3-4-11(14)12(15)6-10/h2-6,8,16H,7H2,1H3. The molecule has 1 N–H and O–H groups in total. The van der Waals surface area contributed by atoms with Crippen molar-refractivity contribution in [1.82, 2.24) is 10.3 Å². The summed E-state index contributed by atoms with van der Waals surface area (Å²) in [5.74, 6) is 0. The van der Waals surface area contributed by atoms with Crippen molar-refractivity contribution in [2.75, 3.05) is 7.05 Å². The first kappa shape index (κ1) is 13.7. The van der Waals surface area contributed by atoms with Gasteiger partial charge in [-0.1, -0.05) is 41.0 Å². The summed E-state index contributed by atoms with van der Waals surface area (Å²) in [5, 5.41) is 5.16. The van der Waals surface area contributed by atoms with Crippen LogP contribution in [0.15, 0.2) is 46.5 Å². The lowest BCUT2D eigenvalue weighted by Gasteiger charge is -2.04. The van der Waals surface area contributed by atoms with Gasteiger partial charge in [0.15, 0.2) is 0 Å². The van der Waals surface area contributed by atoms with E-state index < -0.39 is 0 Å². The van der Waals surface area contributed by atoms with Crippen LogP contribution in [0.1, 0.15) is 5.56 Å². The van der Waals surface area contributed by atoms with Crippen LogP contribution >= 0.6 is 35.0 Å². The van der Waals surface area contributed by atoms with Crippen LogP contribution < -0.4 is 5.32 Å².